The van der Waals surface area contributed by atoms with Crippen LogP contribution in [0.1, 0.15) is 41.0 Å². The summed E-state index contributed by atoms with van der Waals surface area (Å²) in [6.45, 7) is 3.93. The standard InChI is InChI=1S/C12H13IO3/c1-3-11(14)9-6-5-8(7-10(9)13)12(15)16-4-2/h5-7H,3-4H2,1-2H3. The van der Waals surface area contributed by atoms with Crippen molar-refractivity contribution in [2.24, 2.45) is 0 Å². The Morgan fingerprint density at radius 3 is 2.50 bits per heavy atom. The number of hydrogen-bond acceptors (Lipinski definition) is 3. The maximum Gasteiger partial charge on any atom is 0.338 e. The van der Waals surface area contributed by atoms with Gasteiger partial charge in [0.1, 0.15) is 0 Å². The number of ketones is 1. The van der Waals surface area contributed by atoms with Gasteiger partial charge in [-0.1, -0.05) is 6.92 Å². The molecule has 1 aromatic carbocycles. The zero-order valence-electron chi connectivity index (χ0n) is 9.25. The van der Waals surface area contributed by atoms with E-state index in [9.17, 15) is 9.59 Å². The van der Waals surface area contributed by atoms with Crippen LogP contribution < -0.4 is 0 Å². The highest BCUT2D eigenvalue weighted by Crippen LogP contribution is 2.17. The van der Waals surface area contributed by atoms with Crippen molar-refractivity contribution in [1.29, 1.82) is 0 Å². The summed E-state index contributed by atoms with van der Waals surface area (Å²) in [6, 6.07) is 4.99. The van der Waals surface area contributed by atoms with E-state index < -0.39 is 0 Å². The van der Waals surface area contributed by atoms with E-state index in [-0.39, 0.29) is 11.8 Å². The molecule has 0 saturated carbocycles. The van der Waals surface area contributed by atoms with E-state index in [1.165, 1.54) is 0 Å². The smallest absolute Gasteiger partial charge is 0.338 e. The topological polar surface area (TPSA) is 43.4 Å². The Balaban J connectivity index is 2.99. The fourth-order valence-electron chi connectivity index (χ4n) is 1.27. The summed E-state index contributed by atoms with van der Waals surface area (Å²) in [6.07, 6.45) is 0.467. The summed E-state index contributed by atoms with van der Waals surface area (Å²) >= 11 is 2.06. The van der Waals surface area contributed by atoms with Gasteiger partial charge in [0.15, 0.2) is 5.78 Å². The van der Waals surface area contributed by atoms with Gasteiger partial charge in [0, 0.05) is 15.6 Å². The number of benzene rings is 1. The van der Waals surface area contributed by atoms with E-state index >= 15 is 0 Å². The van der Waals surface area contributed by atoms with Crippen LogP contribution in [0.3, 0.4) is 0 Å². The third-order valence-electron chi connectivity index (χ3n) is 2.10. The normalized spacial score (nSPS) is 9.94. The highest BCUT2D eigenvalue weighted by atomic mass is 127. The second-order valence-corrected chi connectivity index (χ2v) is 4.35. The van der Waals surface area contributed by atoms with Gasteiger partial charge in [0.05, 0.1) is 12.2 Å². The van der Waals surface area contributed by atoms with Gasteiger partial charge in [-0.25, -0.2) is 4.79 Å². The van der Waals surface area contributed by atoms with E-state index in [0.29, 0.717) is 24.2 Å². The first-order valence-electron chi connectivity index (χ1n) is 5.10. The van der Waals surface area contributed by atoms with Crippen molar-refractivity contribution in [3.63, 3.8) is 0 Å². The fraction of sp³-hybridized carbons (Fsp3) is 0.333. The molecular formula is C12H13IO3. The van der Waals surface area contributed by atoms with Gasteiger partial charge in [0.2, 0.25) is 0 Å². The van der Waals surface area contributed by atoms with Crippen LogP contribution in [0.2, 0.25) is 0 Å². The molecule has 0 bridgehead atoms. The van der Waals surface area contributed by atoms with Crippen LogP contribution in [0.4, 0.5) is 0 Å². The number of ether oxygens (including phenoxy) is 1. The lowest BCUT2D eigenvalue weighted by Gasteiger charge is -2.05. The first-order chi connectivity index (χ1) is 7.60. The molecule has 0 amide bonds. The van der Waals surface area contributed by atoms with Crippen molar-refractivity contribution in [2.75, 3.05) is 6.61 Å². The summed E-state index contributed by atoms with van der Waals surface area (Å²) in [5, 5.41) is 0. The van der Waals surface area contributed by atoms with Crippen LogP contribution in [0.5, 0.6) is 0 Å². The third kappa shape index (κ3) is 3.04. The Morgan fingerprint density at radius 2 is 2.00 bits per heavy atom. The first-order valence-corrected chi connectivity index (χ1v) is 6.17. The number of esters is 1. The number of carbonyl (C=O) groups is 2. The number of hydrogen-bond donors (Lipinski definition) is 0. The molecule has 86 valence electrons. The largest absolute Gasteiger partial charge is 0.462 e. The molecule has 0 N–H and O–H groups in total. The van der Waals surface area contributed by atoms with Gasteiger partial charge < -0.3 is 4.74 Å². The highest BCUT2D eigenvalue weighted by molar-refractivity contribution is 14.1. The molecule has 4 heteroatoms. The molecule has 1 aromatic rings. The molecule has 0 aliphatic rings. The van der Waals surface area contributed by atoms with Crippen LogP contribution in [-0.2, 0) is 4.74 Å². The molecule has 0 atom stereocenters. The van der Waals surface area contributed by atoms with E-state index in [1.54, 1.807) is 25.1 Å². The molecular weight excluding hydrogens is 319 g/mol. The minimum atomic E-state index is -0.351. The van der Waals surface area contributed by atoms with Gasteiger partial charge in [-0.15, -0.1) is 0 Å². The zero-order valence-corrected chi connectivity index (χ0v) is 11.4. The number of halogens is 1. The first kappa shape index (κ1) is 13.2. The van der Waals surface area contributed by atoms with Crippen molar-refractivity contribution in [3.05, 3.63) is 32.9 Å². The third-order valence-corrected chi connectivity index (χ3v) is 2.99. The molecule has 0 radical (unpaired) electrons. The van der Waals surface area contributed by atoms with Crippen LogP contribution in [0.15, 0.2) is 18.2 Å². The van der Waals surface area contributed by atoms with Crippen molar-refractivity contribution in [1.82, 2.24) is 0 Å². The lowest BCUT2D eigenvalue weighted by Crippen LogP contribution is -2.07. The second-order valence-electron chi connectivity index (χ2n) is 3.19. The quantitative estimate of drug-likeness (QED) is 0.484. The van der Waals surface area contributed by atoms with Gasteiger partial charge in [-0.2, -0.15) is 0 Å². The number of carbonyl (C=O) groups excluding carboxylic acids is 2. The van der Waals surface area contributed by atoms with Gasteiger partial charge in [-0.05, 0) is 47.7 Å². The van der Waals surface area contributed by atoms with Crippen LogP contribution >= 0.6 is 22.6 Å². The Morgan fingerprint density at radius 1 is 1.31 bits per heavy atom. The molecule has 0 aliphatic heterocycles. The molecule has 3 nitrogen and oxygen atoms in total. The highest BCUT2D eigenvalue weighted by Gasteiger charge is 2.12. The summed E-state index contributed by atoms with van der Waals surface area (Å²) in [4.78, 5) is 23.0. The zero-order chi connectivity index (χ0) is 12.1. The minimum absolute atomic E-state index is 0.0832. The molecule has 0 aliphatic carbocycles. The van der Waals surface area contributed by atoms with Gasteiger partial charge in [-0.3, -0.25) is 4.79 Å². The van der Waals surface area contributed by atoms with Crippen LogP contribution in [0, 0.1) is 3.57 Å². The van der Waals surface area contributed by atoms with E-state index in [2.05, 4.69) is 22.6 Å². The van der Waals surface area contributed by atoms with E-state index in [1.807, 2.05) is 6.92 Å². The Kier molecular flexibility index (Phi) is 4.92. The van der Waals surface area contributed by atoms with Crippen LogP contribution in [0.25, 0.3) is 0 Å². The summed E-state index contributed by atoms with van der Waals surface area (Å²) in [5.41, 5.74) is 1.15. The molecule has 1 rings (SSSR count). The molecule has 0 spiro atoms. The van der Waals surface area contributed by atoms with Crippen molar-refractivity contribution >= 4 is 34.3 Å². The molecule has 16 heavy (non-hydrogen) atoms. The average molecular weight is 332 g/mol. The second kappa shape index (κ2) is 5.98. The Labute approximate surface area is 108 Å². The number of Topliss-reactive ketones (excluding diaryl/α,β-unsaturated/α-hetero) is 1. The van der Waals surface area contributed by atoms with Crippen LogP contribution in [-0.4, -0.2) is 18.4 Å². The fourth-order valence-corrected chi connectivity index (χ4v) is 2.09. The molecule has 0 fully saturated rings. The Bertz CT molecular complexity index is 413. The maximum absolute atomic E-state index is 11.5. The minimum Gasteiger partial charge on any atom is -0.462 e. The predicted molar refractivity (Wildman–Crippen MR) is 69.7 cm³/mol. The summed E-state index contributed by atoms with van der Waals surface area (Å²) < 4.78 is 5.67. The molecule has 0 unspecified atom stereocenters. The SMILES string of the molecule is CCOC(=O)c1ccc(C(=O)CC)c(I)c1. The van der Waals surface area contributed by atoms with Crippen molar-refractivity contribution in [3.8, 4) is 0 Å². The number of rotatable bonds is 4. The monoisotopic (exact) mass is 332 g/mol. The lowest BCUT2D eigenvalue weighted by atomic mass is 10.1. The maximum atomic E-state index is 11.5. The van der Waals surface area contributed by atoms with E-state index in [0.717, 1.165) is 3.57 Å². The molecule has 0 aromatic heterocycles. The van der Waals surface area contributed by atoms with Gasteiger partial charge in [0.25, 0.3) is 0 Å². The lowest BCUT2D eigenvalue weighted by molar-refractivity contribution is 0.0526. The van der Waals surface area contributed by atoms with Gasteiger partial charge >= 0.3 is 5.97 Å². The van der Waals surface area contributed by atoms with E-state index in [4.69, 9.17) is 4.74 Å². The molecule has 0 saturated heterocycles. The summed E-state index contributed by atoms with van der Waals surface area (Å²) in [7, 11) is 0. The van der Waals surface area contributed by atoms with Crippen molar-refractivity contribution < 1.29 is 14.3 Å². The Hall–Kier alpha value is -0.910. The molecule has 0 heterocycles. The predicted octanol–water partition coefficient (Wildman–Crippen LogP) is 3.06. The van der Waals surface area contributed by atoms with Crippen molar-refractivity contribution in [2.45, 2.75) is 20.3 Å². The summed E-state index contributed by atoms with van der Waals surface area (Å²) in [5.74, 6) is -0.268. The average Bonchev–Trinajstić information content (AvgIpc) is 2.28.